The number of nitrogens with zero attached hydrogens (tertiary/aromatic N) is 2. The minimum atomic E-state index is -3.77. The van der Waals surface area contributed by atoms with E-state index < -0.39 is 10.0 Å². The normalized spacial score (nSPS) is 12.7. The standard InChI is InChI=1S/C22H30N2O2S/c1-16(2)24(17(3)4)22(15-20-11-7-18(5)8-12-20)23-27(25,26)21-13-9-19(6)10-14-21/h7-14,16-17H,15H2,1-6H3/b23-22+. The molecule has 0 saturated heterocycles. The number of rotatable bonds is 6. The average molecular weight is 387 g/mol. The first-order valence-electron chi connectivity index (χ1n) is 9.34. The van der Waals surface area contributed by atoms with E-state index in [1.54, 1.807) is 24.3 Å². The van der Waals surface area contributed by atoms with Crippen molar-refractivity contribution in [2.45, 2.75) is 64.9 Å². The second-order valence-electron chi connectivity index (χ2n) is 7.55. The maximum absolute atomic E-state index is 12.9. The lowest BCUT2D eigenvalue weighted by atomic mass is 10.1. The first-order valence-corrected chi connectivity index (χ1v) is 10.8. The first kappa shape index (κ1) is 21.2. The van der Waals surface area contributed by atoms with Gasteiger partial charge in [0.2, 0.25) is 0 Å². The molecule has 0 aliphatic heterocycles. The van der Waals surface area contributed by atoms with Crippen LogP contribution in [0.2, 0.25) is 0 Å². The second-order valence-corrected chi connectivity index (χ2v) is 9.16. The van der Waals surface area contributed by atoms with E-state index in [4.69, 9.17) is 0 Å². The number of benzene rings is 2. The molecule has 0 spiro atoms. The molecule has 0 aliphatic rings. The summed E-state index contributed by atoms with van der Waals surface area (Å²) >= 11 is 0. The summed E-state index contributed by atoms with van der Waals surface area (Å²) in [6.45, 7) is 12.2. The smallest absolute Gasteiger partial charge is 0.283 e. The molecule has 2 aromatic carbocycles. The van der Waals surface area contributed by atoms with Crippen LogP contribution in [0.5, 0.6) is 0 Å². The Bertz CT molecular complexity index is 873. The first-order chi connectivity index (χ1) is 12.6. The Kier molecular flexibility index (Phi) is 6.82. The molecule has 2 rings (SSSR count). The molecule has 0 heterocycles. The summed E-state index contributed by atoms with van der Waals surface area (Å²) in [5.74, 6) is 0.574. The molecule has 5 heteroatoms. The van der Waals surface area contributed by atoms with Gasteiger partial charge in [-0.25, -0.2) is 0 Å². The third-order valence-corrected chi connectivity index (χ3v) is 5.76. The Morgan fingerprint density at radius 1 is 0.852 bits per heavy atom. The van der Waals surface area contributed by atoms with Gasteiger partial charge in [-0.1, -0.05) is 47.5 Å². The fourth-order valence-electron chi connectivity index (χ4n) is 3.15. The molecule has 146 valence electrons. The Balaban J connectivity index is 2.51. The highest BCUT2D eigenvalue weighted by Crippen LogP contribution is 2.18. The number of hydrogen-bond donors (Lipinski definition) is 0. The van der Waals surface area contributed by atoms with Crippen molar-refractivity contribution in [3.63, 3.8) is 0 Å². The molecule has 0 aliphatic carbocycles. The summed E-state index contributed by atoms with van der Waals surface area (Å²) in [5.41, 5.74) is 3.24. The van der Waals surface area contributed by atoms with Gasteiger partial charge in [0.1, 0.15) is 5.84 Å². The molecule has 0 atom stereocenters. The number of amidine groups is 1. The van der Waals surface area contributed by atoms with E-state index in [2.05, 4.69) is 37.0 Å². The van der Waals surface area contributed by atoms with Gasteiger partial charge in [0.05, 0.1) is 4.90 Å². The molecule has 0 saturated carbocycles. The maximum atomic E-state index is 12.9. The van der Waals surface area contributed by atoms with Crippen LogP contribution in [0.4, 0.5) is 0 Å². The maximum Gasteiger partial charge on any atom is 0.283 e. The quantitative estimate of drug-likeness (QED) is 0.532. The predicted molar refractivity (Wildman–Crippen MR) is 113 cm³/mol. The van der Waals surface area contributed by atoms with Crippen LogP contribution >= 0.6 is 0 Å². The molecule has 0 aromatic heterocycles. The third kappa shape index (κ3) is 5.67. The van der Waals surface area contributed by atoms with E-state index in [-0.39, 0.29) is 17.0 Å². The van der Waals surface area contributed by atoms with Crippen LogP contribution in [0, 0.1) is 13.8 Å². The fraction of sp³-hybridized carbons (Fsp3) is 0.409. The zero-order valence-electron chi connectivity index (χ0n) is 17.1. The summed E-state index contributed by atoms with van der Waals surface area (Å²) in [5, 5.41) is 0. The van der Waals surface area contributed by atoms with Crippen molar-refractivity contribution in [1.82, 2.24) is 4.90 Å². The monoisotopic (exact) mass is 386 g/mol. The largest absolute Gasteiger partial charge is 0.354 e. The molecule has 0 fully saturated rings. The Labute approximate surface area is 164 Å². The van der Waals surface area contributed by atoms with Crippen molar-refractivity contribution in [2.75, 3.05) is 0 Å². The van der Waals surface area contributed by atoms with Gasteiger partial charge in [-0.15, -0.1) is 4.40 Å². The number of sulfonamides is 1. The number of hydrogen-bond acceptors (Lipinski definition) is 2. The lowest BCUT2D eigenvalue weighted by Gasteiger charge is -2.34. The highest BCUT2D eigenvalue weighted by molar-refractivity contribution is 7.90. The van der Waals surface area contributed by atoms with Gasteiger partial charge >= 0.3 is 0 Å². The van der Waals surface area contributed by atoms with E-state index in [0.717, 1.165) is 11.1 Å². The Morgan fingerprint density at radius 2 is 1.30 bits per heavy atom. The Morgan fingerprint density at radius 3 is 1.74 bits per heavy atom. The molecule has 2 aromatic rings. The molecule has 0 bridgehead atoms. The molecule has 27 heavy (non-hydrogen) atoms. The van der Waals surface area contributed by atoms with Crippen LogP contribution in [-0.2, 0) is 16.4 Å². The number of aryl methyl sites for hydroxylation is 2. The predicted octanol–water partition coefficient (Wildman–Crippen LogP) is 4.75. The lowest BCUT2D eigenvalue weighted by Crippen LogP contribution is -2.43. The molecule has 4 nitrogen and oxygen atoms in total. The summed E-state index contributed by atoms with van der Waals surface area (Å²) in [7, 11) is -3.77. The van der Waals surface area contributed by atoms with E-state index in [1.807, 2.05) is 38.1 Å². The molecule has 0 unspecified atom stereocenters. The van der Waals surface area contributed by atoms with Crippen molar-refractivity contribution >= 4 is 15.9 Å². The van der Waals surface area contributed by atoms with Gasteiger partial charge < -0.3 is 4.90 Å². The van der Waals surface area contributed by atoms with Crippen LogP contribution < -0.4 is 0 Å². The van der Waals surface area contributed by atoms with E-state index in [9.17, 15) is 8.42 Å². The van der Waals surface area contributed by atoms with Gasteiger partial charge in [0.25, 0.3) is 10.0 Å². The third-order valence-electron chi connectivity index (χ3n) is 4.44. The summed E-state index contributed by atoms with van der Waals surface area (Å²) < 4.78 is 30.2. The van der Waals surface area contributed by atoms with Crippen molar-refractivity contribution in [2.24, 2.45) is 4.40 Å². The topological polar surface area (TPSA) is 49.7 Å². The SMILES string of the molecule is Cc1ccc(C/C(=N\S(=O)(=O)c2ccc(C)cc2)N(C(C)C)C(C)C)cc1. The van der Waals surface area contributed by atoms with E-state index in [0.29, 0.717) is 12.3 Å². The van der Waals surface area contributed by atoms with Crippen LogP contribution in [0.25, 0.3) is 0 Å². The van der Waals surface area contributed by atoms with Crippen molar-refractivity contribution < 1.29 is 8.42 Å². The van der Waals surface area contributed by atoms with Crippen LogP contribution in [-0.4, -0.2) is 31.2 Å². The highest BCUT2D eigenvalue weighted by Gasteiger charge is 2.22. The van der Waals surface area contributed by atoms with Gasteiger partial charge in [0, 0.05) is 18.5 Å². The van der Waals surface area contributed by atoms with Gasteiger partial charge in [-0.2, -0.15) is 8.42 Å². The zero-order chi connectivity index (χ0) is 20.2. The van der Waals surface area contributed by atoms with Crippen LogP contribution in [0.3, 0.4) is 0 Å². The van der Waals surface area contributed by atoms with Crippen molar-refractivity contribution in [1.29, 1.82) is 0 Å². The molecule has 0 amide bonds. The summed E-state index contributed by atoms with van der Waals surface area (Å²) in [4.78, 5) is 2.30. The minimum Gasteiger partial charge on any atom is -0.354 e. The lowest BCUT2D eigenvalue weighted by molar-refractivity contribution is 0.288. The second kappa shape index (κ2) is 8.70. The van der Waals surface area contributed by atoms with Crippen LogP contribution in [0.15, 0.2) is 57.8 Å². The highest BCUT2D eigenvalue weighted by atomic mass is 32.2. The molecule has 0 N–H and O–H groups in total. The van der Waals surface area contributed by atoms with E-state index in [1.165, 1.54) is 5.56 Å². The Hall–Kier alpha value is -2.14. The molecular weight excluding hydrogens is 356 g/mol. The molecular formula is C22H30N2O2S. The average Bonchev–Trinajstić information content (AvgIpc) is 2.56. The zero-order valence-corrected chi connectivity index (χ0v) is 17.9. The van der Waals surface area contributed by atoms with Gasteiger partial charge in [0.15, 0.2) is 0 Å². The van der Waals surface area contributed by atoms with Gasteiger partial charge in [-0.3, -0.25) is 0 Å². The molecule has 0 radical (unpaired) electrons. The fourth-order valence-corrected chi connectivity index (χ4v) is 4.17. The summed E-state index contributed by atoms with van der Waals surface area (Å²) in [6, 6.07) is 15.2. The van der Waals surface area contributed by atoms with Crippen molar-refractivity contribution in [3.05, 3.63) is 65.2 Å². The van der Waals surface area contributed by atoms with E-state index >= 15 is 0 Å². The van der Waals surface area contributed by atoms with Crippen molar-refractivity contribution in [3.8, 4) is 0 Å². The van der Waals surface area contributed by atoms with Crippen LogP contribution in [0.1, 0.15) is 44.4 Å². The summed E-state index contributed by atoms with van der Waals surface area (Å²) in [6.07, 6.45) is 0.474. The minimum absolute atomic E-state index is 0.141. The van der Waals surface area contributed by atoms with Gasteiger partial charge in [-0.05, 0) is 59.2 Å².